The fourth-order valence-corrected chi connectivity index (χ4v) is 4.97. The molecule has 0 aromatic carbocycles. The van der Waals surface area contributed by atoms with Gasteiger partial charge in [0.2, 0.25) is 0 Å². The van der Waals surface area contributed by atoms with Gasteiger partial charge in [-0.3, -0.25) is 4.79 Å². The highest BCUT2D eigenvalue weighted by atomic mass is 16.4. The number of rotatable bonds is 17. The molecular formula is C27H53NO2. The van der Waals surface area contributed by atoms with Crippen LogP contribution in [0, 0.1) is 22.7 Å². The smallest absolute Gasteiger partial charge is 0.309 e. The summed E-state index contributed by atoms with van der Waals surface area (Å²) in [7, 11) is 0. The van der Waals surface area contributed by atoms with Crippen LogP contribution >= 0.6 is 0 Å². The average molecular weight is 424 g/mol. The summed E-state index contributed by atoms with van der Waals surface area (Å²) in [6.45, 7) is 12.7. The van der Waals surface area contributed by atoms with Gasteiger partial charge in [-0.25, -0.2) is 0 Å². The topological polar surface area (TPSA) is 49.3 Å². The van der Waals surface area contributed by atoms with E-state index in [0.29, 0.717) is 0 Å². The molecule has 3 nitrogen and oxygen atoms in total. The molecule has 0 aliphatic carbocycles. The van der Waals surface area contributed by atoms with Gasteiger partial charge in [0, 0.05) is 0 Å². The molecule has 1 saturated heterocycles. The van der Waals surface area contributed by atoms with Crippen LogP contribution in [-0.4, -0.2) is 24.2 Å². The average Bonchev–Trinajstić information content (AvgIpc) is 2.71. The van der Waals surface area contributed by atoms with Crippen LogP contribution < -0.4 is 5.32 Å². The molecule has 1 heterocycles. The summed E-state index contributed by atoms with van der Waals surface area (Å²) in [6, 6.07) is 0. The Labute approximate surface area is 188 Å². The Morgan fingerprint density at radius 1 is 0.867 bits per heavy atom. The first kappa shape index (κ1) is 27.5. The van der Waals surface area contributed by atoms with Gasteiger partial charge >= 0.3 is 5.97 Å². The van der Waals surface area contributed by atoms with Crippen molar-refractivity contribution >= 4 is 5.97 Å². The summed E-state index contributed by atoms with van der Waals surface area (Å²) >= 11 is 0. The minimum atomic E-state index is -0.678. The highest BCUT2D eigenvalue weighted by Crippen LogP contribution is 2.44. The van der Waals surface area contributed by atoms with Crippen molar-refractivity contribution in [3.05, 3.63) is 0 Å². The van der Waals surface area contributed by atoms with Crippen LogP contribution in [0.5, 0.6) is 0 Å². The number of aliphatic carboxylic acids is 1. The predicted molar refractivity (Wildman–Crippen MR) is 130 cm³/mol. The second kappa shape index (κ2) is 14.5. The lowest BCUT2D eigenvalue weighted by Crippen LogP contribution is -2.40. The fraction of sp³-hybridized carbons (Fsp3) is 0.963. The molecule has 3 heteroatoms. The molecule has 0 spiro atoms. The van der Waals surface area contributed by atoms with Crippen LogP contribution in [-0.2, 0) is 4.79 Å². The first-order valence-corrected chi connectivity index (χ1v) is 13.2. The molecule has 0 aromatic rings. The van der Waals surface area contributed by atoms with Crippen LogP contribution in [0.2, 0.25) is 0 Å². The summed E-state index contributed by atoms with van der Waals surface area (Å²) in [5.74, 6) is 0.930. The van der Waals surface area contributed by atoms with Crippen molar-refractivity contribution < 1.29 is 9.90 Å². The number of nitrogens with one attached hydrogen (secondary N) is 1. The van der Waals surface area contributed by atoms with E-state index in [9.17, 15) is 9.90 Å². The molecule has 1 unspecified atom stereocenters. The molecule has 1 atom stereocenters. The van der Waals surface area contributed by atoms with Gasteiger partial charge in [0.25, 0.3) is 0 Å². The van der Waals surface area contributed by atoms with Crippen molar-refractivity contribution in [1.29, 1.82) is 0 Å². The molecule has 1 aliphatic heterocycles. The zero-order valence-corrected chi connectivity index (χ0v) is 21.0. The molecule has 0 amide bonds. The van der Waals surface area contributed by atoms with Crippen LogP contribution in [0.15, 0.2) is 0 Å². The van der Waals surface area contributed by atoms with Crippen molar-refractivity contribution in [2.75, 3.05) is 13.1 Å². The Bertz CT molecular complexity index is 452. The molecular weight excluding hydrogens is 370 g/mol. The molecule has 0 radical (unpaired) electrons. The van der Waals surface area contributed by atoms with Crippen molar-refractivity contribution in [3.63, 3.8) is 0 Å². The van der Waals surface area contributed by atoms with Crippen molar-refractivity contribution in [2.45, 2.75) is 131 Å². The van der Waals surface area contributed by atoms with E-state index in [-0.39, 0.29) is 5.41 Å². The van der Waals surface area contributed by atoms with Gasteiger partial charge < -0.3 is 10.4 Å². The van der Waals surface area contributed by atoms with E-state index in [2.05, 4.69) is 26.1 Å². The predicted octanol–water partition coefficient (Wildman–Crippen LogP) is 7.83. The molecule has 2 N–H and O–H groups in total. The molecule has 1 fully saturated rings. The second-order valence-electron chi connectivity index (χ2n) is 11.2. The van der Waals surface area contributed by atoms with Gasteiger partial charge in [-0.1, -0.05) is 91.4 Å². The van der Waals surface area contributed by atoms with E-state index in [1.807, 2.05) is 13.8 Å². The van der Waals surface area contributed by atoms with Crippen LogP contribution in [0.4, 0.5) is 0 Å². The fourth-order valence-electron chi connectivity index (χ4n) is 4.97. The minimum absolute atomic E-state index is 0.179. The van der Waals surface area contributed by atoms with Gasteiger partial charge in [0.05, 0.1) is 5.41 Å². The number of unbranched alkanes of at least 4 members (excludes halogenated alkanes) is 9. The standard InChI is InChI=1S/C27H53NO2/c1-6-7-8-9-10-11-12-13-14-15-16-23(24-18-21-28-22-19-24)17-20-26(2,3)27(4,5)25(29)30/h23-24,28H,6-22H2,1-5H3,(H,29,30). The molecule has 1 rings (SSSR count). The van der Waals surface area contributed by atoms with Crippen molar-refractivity contribution in [3.8, 4) is 0 Å². The molecule has 30 heavy (non-hydrogen) atoms. The summed E-state index contributed by atoms with van der Waals surface area (Å²) in [6.07, 6.45) is 20.1. The van der Waals surface area contributed by atoms with E-state index in [4.69, 9.17) is 0 Å². The van der Waals surface area contributed by atoms with E-state index >= 15 is 0 Å². The number of carboxylic acid groups (broad SMARTS) is 1. The van der Waals surface area contributed by atoms with Gasteiger partial charge in [-0.05, 0) is 69.9 Å². The Balaban J connectivity index is 2.39. The van der Waals surface area contributed by atoms with Crippen molar-refractivity contribution in [1.82, 2.24) is 5.32 Å². The lowest BCUT2D eigenvalue weighted by atomic mass is 9.64. The third-order valence-electron chi connectivity index (χ3n) is 8.35. The molecule has 0 aromatic heterocycles. The van der Waals surface area contributed by atoms with Crippen molar-refractivity contribution in [2.24, 2.45) is 22.7 Å². The van der Waals surface area contributed by atoms with E-state index in [1.54, 1.807) is 0 Å². The largest absolute Gasteiger partial charge is 0.481 e. The Hall–Kier alpha value is -0.570. The maximum absolute atomic E-state index is 11.8. The molecule has 1 aliphatic rings. The van der Waals surface area contributed by atoms with E-state index in [1.165, 1.54) is 89.9 Å². The van der Waals surface area contributed by atoms with Crippen LogP contribution in [0.1, 0.15) is 131 Å². The number of hydrogen-bond acceptors (Lipinski definition) is 2. The minimum Gasteiger partial charge on any atom is -0.481 e. The zero-order chi connectivity index (χ0) is 22.5. The number of hydrogen-bond donors (Lipinski definition) is 2. The summed E-state index contributed by atoms with van der Waals surface area (Å²) in [5.41, 5.74) is -0.857. The Morgan fingerprint density at radius 3 is 1.87 bits per heavy atom. The molecule has 0 bridgehead atoms. The van der Waals surface area contributed by atoms with Gasteiger partial charge in [-0.2, -0.15) is 0 Å². The molecule has 0 saturated carbocycles. The first-order valence-electron chi connectivity index (χ1n) is 13.2. The summed E-state index contributed by atoms with van der Waals surface area (Å²) in [4.78, 5) is 11.8. The van der Waals surface area contributed by atoms with E-state index in [0.717, 1.165) is 31.3 Å². The summed E-state index contributed by atoms with van der Waals surface area (Å²) in [5, 5.41) is 13.2. The van der Waals surface area contributed by atoms with Crippen LogP contribution in [0.25, 0.3) is 0 Å². The maximum Gasteiger partial charge on any atom is 0.309 e. The third-order valence-corrected chi connectivity index (χ3v) is 8.35. The maximum atomic E-state index is 11.8. The monoisotopic (exact) mass is 423 g/mol. The number of carbonyl (C=O) groups is 1. The zero-order valence-electron chi connectivity index (χ0n) is 21.0. The Morgan fingerprint density at radius 2 is 1.37 bits per heavy atom. The highest BCUT2D eigenvalue weighted by Gasteiger charge is 2.43. The summed E-state index contributed by atoms with van der Waals surface area (Å²) < 4.78 is 0. The highest BCUT2D eigenvalue weighted by molar-refractivity contribution is 5.74. The van der Waals surface area contributed by atoms with Crippen LogP contribution in [0.3, 0.4) is 0 Å². The van der Waals surface area contributed by atoms with Gasteiger partial charge in [0.15, 0.2) is 0 Å². The molecule has 178 valence electrons. The van der Waals surface area contributed by atoms with Gasteiger partial charge in [0.1, 0.15) is 0 Å². The quantitative estimate of drug-likeness (QED) is 0.234. The number of piperidine rings is 1. The normalized spacial score (nSPS) is 17.2. The van der Waals surface area contributed by atoms with Gasteiger partial charge in [-0.15, -0.1) is 0 Å². The lowest BCUT2D eigenvalue weighted by Gasteiger charge is -2.40. The number of carboxylic acids is 1. The SMILES string of the molecule is CCCCCCCCCCCCC(CCC(C)(C)C(C)(C)C(=O)O)C1CCNCC1. The van der Waals surface area contributed by atoms with E-state index < -0.39 is 11.4 Å². The third kappa shape index (κ3) is 9.71. The Kier molecular flexibility index (Phi) is 13.3. The second-order valence-corrected chi connectivity index (χ2v) is 11.2. The first-order chi connectivity index (χ1) is 14.2. The lowest BCUT2D eigenvalue weighted by molar-refractivity contribution is -0.154.